The van der Waals surface area contributed by atoms with E-state index in [1.54, 1.807) is 0 Å². The molecule has 0 N–H and O–H groups in total. The molecule has 0 amide bonds. The molecule has 1 rings (SSSR count). The van der Waals surface area contributed by atoms with Gasteiger partial charge in [-0.15, -0.1) is 13.2 Å². The van der Waals surface area contributed by atoms with E-state index in [2.05, 4.69) is 32.2 Å². The lowest BCUT2D eigenvalue weighted by Gasteiger charge is -1.82. The van der Waals surface area contributed by atoms with Crippen molar-refractivity contribution in [2.75, 3.05) is 0 Å². The fourth-order valence-corrected chi connectivity index (χ4v) is 0.534. The van der Waals surface area contributed by atoms with Crippen LogP contribution in [-0.4, -0.2) is 0 Å². The summed E-state index contributed by atoms with van der Waals surface area (Å²) in [6.07, 6.45) is 0. The van der Waals surface area contributed by atoms with E-state index in [0.29, 0.717) is 0 Å². The van der Waals surface area contributed by atoms with E-state index < -0.39 is 0 Å². The van der Waals surface area contributed by atoms with Gasteiger partial charge in [0.1, 0.15) is 0 Å². The maximum Gasteiger partial charge on any atom is 0 e. The van der Waals surface area contributed by atoms with Gasteiger partial charge in [-0.1, -0.05) is 35.9 Å². The molecule has 1 heteroatoms. The van der Waals surface area contributed by atoms with Crippen LogP contribution in [0.25, 0.3) is 0 Å². The molecular weight excluding hydrogens is 124 g/mol. The van der Waals surface area contributed by atoms with Gasteiger partial charge < -0.3 is 0 Å². The van der Waals surface area contributed by atoms with Crippen molar-refractivity contribution >= 4 is 0 Å². The Labute approximate surface area is 62.3 Å². The second kappa shape index (κ2) is 7.92. The van der Waals surface area contributed by atoms with Gasteiger partial charge >= 0.3 is 0 Å². The summed E-state index contributed by atoms with van der Waals surface area (Å²) in [5.74, 6) is 0. The molecular formula is C9H12O. The number of rotatable bonds is 0. The zero-order chi connectivity index (χ0) is 7.11. The third-order valence-electron chi connectivity index (χ3n) is 0.940. The largest absolute Gasteiger partial charge is 0.106 e. The molecule has 0 saturated heterocycles. The van der Waals surface area contributed by atoms with E-state index in [1.807, 2.05) is 18.2 Å². The van der Waals surface area contributed by atoms with Crippen molar-refractivity contribution in [1.82, 2.24) is 0 Å². The topological polar surface area (TPSA) is 28.5 Å². The van der Waals surface area contributed by atoms with Gasteiger partial charge in [0.25, 0.3) is 0 Å². The van der Waals surface area contributed by atoms with Crippen LogP contribution >= 0.6 is 0 Å². The van der Waals surface area contributed by atoms with Crippen LogP contribution in [0.3, 0.4) is 0 Å². The second-order valence-electron chi connectivity index (χ2n) is 1.65. The normalized spacial score (nSPS) is 6.50. The lowest BCUT2D eigenvalue weighted by molar-refractivity contribution is 0.686. The molecule has 10 heavy (non-hydrogen) atoms. The van der Waals surface area contributed by atoms with Crippen LogP contribution in [0, 0.1) is 6.92 Å². The van der Waals surface area contributed by atoms with E-state index in [9.17, 15) is 0 Å². The minimum absolute atomic E-state index is 0. The van der Waals surface area contributed by atoms with E-state index >= 15 is 0 Å². The van der Waals surface area contributed by atoms with E-state index in [4.69, 9.17) is 0 Å². The van der Waals surface area contributed by atoms with Crippen molar-refractivity contribution in [3.05, 3.63) is 49.1 Å². The molecule has 0 spiro atoms. The van der Waals surface area contributed by atoms with Gasteiger partial charge in [-0.25, -0.2) is 0 Å². The molecule has 1 aromatic carbocycles. The summed E-state index contributed by atoms with van der Waals surface area (Å²) in [4.78, 5) is 0. The Hall–Kier alpha value is -1.08. The highest BCUT2D eigenvalue weighted by atomic mass is 16.0. The monoisotopic (exact) mass is 136 g/mol. The van der Waals surface area contributed by atoms with E-state index in [1.165, 1.54) is 5.56 Å². The lowest BCUT2D eigenvalue weighted by Crippen LogP contribution is -1.62. The first-order valence-electron chi connectivity index (χ1n) is 2.91. The first-order valence-corrected chi connectivity index (χ1v) is 2.91. The summed E-state index contributed by atoms with van der Waals surface area (Å²) < 4.78 is 0. The van der Waals surface area contributed by atoms with Crippen molar-refractivity contribution in [1.29, 1.82) is 0 Å². The summed E-state index contributed by atoms with van der Waals surface area (Å²) in [6.45, 7) is 8.08. The van der Waals surface area contributed by atoms with Crippen molar-refractivity contribution in [3.8, 4) is 0 Å². The predicted molar refractivity (Wildman–Crippen MR) is 43.1 cm³/mol. The maximum atomic E-state index is 3.00. The summed E-state index contributed by atoms with van der Waals surface area (Å²) in [7, 11) is 0. The Kier molecular flexibility index (Phi) is 9.25. The third-order valence-corrected chi connectivity index (χ3v) is 0.940. The summed E-state index contributed by atoms with van der Waals surface area (Å²) in [5.41, 5.74) is 1.32. The molecule has 0 heterocycles. The Morgan fingerprint density at radius 2 is 1.40 bits per heavy atom. The molecule has 1 nitrogen and oxygen atoms in total. The molecule has 0 aliphatic carbocycles. The van der Waals surface area contributed by atoms with Gasteiger partial charge in [-0.3, -0.25) is 0 Å². The Morgan fingerprint density at radius 3 is 1.60 bits per heavy atom. The van der Waals surface area contributed by atoms with Crippen LogP contribution in [0.15, 0.2) is 43.5 Å². The van der Waals surface area contributed by atoms with Crippen LogP contribution in [-0.2, 0) is 5.48 Å². The molecule has 0 aliphatic heterocycles. The summed E-state index contributed by atoms with van der Waals surface area (Å²) in [6, 6.07) is 10.3. The molecule has 2 radical (unpaired) electrons. The molecule has 0 bridgehead atoms. The Bertz CT molecular complexity index is 146. The van der Waals surface area contributed by atoms with Gasteiger partial charge in [0.15, 0.2) is 0 Å². The fraction of sp³-hybridized carbons (Fsp3) is 0.111. The minimum atomic E-state index is 0. The fourth-order valence-electron chi connectivity index (χ4n) is 0.534. The Balaban J connectivity index is 0. The number of hydrogen-bond acceptors (Lipinski definition) is 0. The van der Waals surface area contributed by atoms with Crippen LogP contribution in [0.2, 0.25) is 0 Å². The van der Waals surface area contributed by atoms with Crippen LogP contribution in [0.4, 0.5) is 0 Å². The SMILES string of the molecule is C=C.Cc1ccccc1.[O]. The summed E-state index contributed by atoms with van der Waals surface area (Å²) in [5, 5.41) is 0. The van der Waals surface area contributed by atoms with Crippen molar-refractivity contribution in [3.63, 3.8) is 0 Å². The minimum Gasteiger partial charge on any atom is -0.106 e. The molecule has 0 unspecified atom stereocenters. The first kappa shape index (κ1) is 11.7. The molecule has 0 aliphatic rings. The maximum absolute atomic E-state index is 3.00. The molecule has 0 aromatic heterocycles. The van der Waals surface area contributed by atoms with Gasteiger partial charge in [0.05, 0.1) is 0 Å². The third kappa shape index (κ3) is 5.06. The average Bonchev–Trinajstić information content (AvgIpc) is 1.94. The second-order valence-corrected chi connectivity index (χ2v) is 1.65. The first-order chi connectivity index (χ1) is 4.39. The van der Waals surface area contributed by atoms with Gasteiger partial charge in [-0.2, -0.15) is 0 Å². The van der Waals surface area contributed by atoms with Crippen LogP contribution in [0.5, 0.6) is 0 Å². The van der Waals surface area contributed by atoms with Gasteiger partial charge in [0.2, 0.25) is 0 Å². The zero-order valence-electron chi connectivity index (χ0n) is 6.21. The lowest BCUT2D eigenvalue weighted by atomic mass is 10.2. The van der Waals surface area contributed by atoms with Gasteiger partial charge in [0, 0.05) is 5.48 Å². The highest BCUT2D eigenvalue weighted by molar-refractivity contribution is 5.11. The zero-order valence-corrected chi connectivity index (χ0v) is 6.21. The van der Waals surface area contributed by atoms with Crippen molar-refractivity contribution < 1.29 is 5.48 Å². The van der Waals surface area contributed by atoms with E-state index in [-0.39, 0.29) is 5.48 Å². The number of benzene rings is 1. The molecule has 0 fully saturated rings. The van der Waals surface area contributed by atoms with Crippen molar-refractivity contribution in [2.45, 2.75) is 6.92 Å². The quantitative estimate of drug-likeness (QED) is 0.490. The van der Waals surface area contributed by atoms with Gasteiger partial charge in [-0.05, 0) is 6.92 Å². The molecule has 0 saturated carbocycles. The number of aryl methyl sites for hydroxylation is 1. The molecule has 0 atom stereocenters. The number of hydrogen-bond donors (Lipinski definition) is 0. The van der Waals surface area contributed by atoms with Crippen LogP contribution in [0.1, 0.15) is 5.56 Å². The van der Waals surface area contributed by atoms with Crippen molar-refractivity contribution in [2.24, 2.45) is 0 Å². The smallest absolute Gasteiger partial charge is 0 e. The predicted octanol–water partition coefficient (Wildman–Crippen LogP) is 2.68. The highest BCUT2D eigenvalue weighted by Crippen LogP contribution is 1.92. The molecule has 54 valence electrons. The Morgan fingerprint density at radius 1 is 1.00 bits per heavy atom. The van der Waals surface area contributed by atoms with Crippen LogP contribution < -0.4 is 0 Å². The van der Waals surface area contributed by atoms with E-state index in [0.717, 1.165) is 0 Å². The highest BCUT2D eigenvalue weighted by Gasteiger charge is 1.72. The molecule has 1 aromatic rings. The summed E-state index contributed by atoms with van der Waals surface area (Å²) >= 11 is 0. The average molecular weight is 136 g/mol. The standard InChI is InChI=1S/C7H8.C2H4.O/c1-7-5-3-2-4-6-7;1-2;/h2-6H,1H3;1-2H2;.